The van der Waals surface area contributed by atoms with Crippen LogP contribution in [0.15, 0.2) is 24.3 Å². The number of rotatable bonds is 2. The highest BCUT2D eigenvalue weighted by Gasteiger charge is 2.32. The van der Waals surface area contributed by atoms with Crippen LogP contribution in [0.25, 0.3) is 11.0 Å². The molecule has 1 aromatic heterocycles. The fourth-order valence-corrected chi connectivity index (χ4v) is 2.73. The van der Waals surface area contributed by atoms with Gasteiger partial charge in [0.05, 0.1) is 17.1 Å². The standard InChI is InChI=1S/C15H19N3O2/c1-10-8-9-13(20-10)14(19)18(3)15-16-11-6-4-5-7-12(11)17(15)2/h4-7,10,13H,8-9H2,1-3H3/t10-,13-/m0/s1. The van der Waals surface area contributed by atoms with Crippen LogP contribution in [0.2, 0.25) is 0 Å². The van der Waals surface area contributed by atoms with E-state index in [1.54, 1.807) is 11.9 Å². The topological polar surface area (TPSA) is 47.4 Å². The van der Waals surface area contributed by atoms with Crippen LogP contribution in [0, 0.1) is 0 Å². The summed E-state index contributed by atoms with van der Waals surface area (Å²) >= 11 is 0. The van der Waals surface area contributed by atoms with Crippen LogP contribution in [0.4, 0.5) is 5.95 Å². The lowest BCUT2D eigenvalue weighted by atomic mass is 10.2. The molecule has 0 radical (unpaired) electrons. The van der Waals surface area contributed by atoms with Crippen molar-refractivity contribution in [2.75, 3.05) is 11.9 Å². The third-order valence-electron chi connectivity index (χ3n) is 3.90. The van der Waals surface area contributed by atoms with Gasteiger partial charge in [0.25, 0.3) is 5.91 Å². The quantitative estimate of drug-likeness (QED) is 0.842. The molecule has 1 aromatic carbocycles. The number of carbonyl (C=O) groups is 1. The van der Waals surface area contributed by atoms with Crippen LogP contribution >= 0.6 is 0 Å². The van der Waals surface area contributed by atoms with Gasteiger partial charge >= 0.3 is 0 Å². The van der Waals surface area contributed by atoms with Gasteiger partial charge in [0, 0.05) is 14.1 Å². The molecule has 2 aromatic rings. The van der Waals surface area contributed by atoms with Gasteiger partial charge in [-0.25, -0.2) is 4.98 Å². The van der Waals surface area contributed by atoms with E-state index < -0.39 is 0 Å². The molecular weight excluding hydrogens is 254 g/mol. The average molecular weight is 273 g/mol. The number of aryl methyl sites for hydroxylation is 1. The molecule has 5 heteroatoms. The first-order valence-corrected chi connectivity index (χ1v) is 6.92. The lowest BCUT2D eigenvalue weighted by molar-refractivity contribution is -0.128. The molecule has 1 fully saturated rings. The van der Waals surface area contributed by atoms with Crippen molar-refractivity contribution in [1.82, 2.24) is 9.55 Å². The number of likely N-dealkylation sites (N-methyl/N-ethyl adjacent to an activating group) is 1. The predicted octanol–water partition coefficient (Wildman–Crippen LogP) is 2.10. The van der Waals surface area contributed by atoms with Crippen LogP contribution in [0.1, 0.15) is 19.8 Å². The molecular formula is C15H19N3O2. The zero-order valence-corrected chi connectivity index (χ0v) is 12.0. The average Bonchev–Trinajstić information content (AvgIpc) is 3.02. The van der Waals surface area contributed by atoms with Crippen LogP contribution in [0.5, 0.6) is 0 Å². The van der Waals surface area contributed by atoms with Crippen molar-refractivity contribution in [3.8, 4) is 0 Å². The number of hydrogen-bond acceptors (Lipinski definition) is 3. The zero-order chi connectivity index (χ0) is 14.3. The Hall–Kier alpha value is -1.88. The summed E-state index contributed by atoms with van der Waals surface area (Å²) in [5, 5.41) is 0. The Balaban J connectivity index is 1.90. The first kappa shape index (κ1) is 13.1. The van der Waals surface area contributed by atoms with Gasteiger partial charge in [-0.1, -0.05) is 12.1 Å². The van der Waals surface area contributed by atoms with Crippen LogP contribution in [0.3, 0.4) is 0 Å². The summed E-state index contributed by atoms with van der Waals surface area (Å²) in [5.41, 5.74) is 1.91. The molecule has 3 rings (SSSR count). The van der Waals surface area contributed by atoms with Crippen molar-refractivity contribution >= 4 is 22.9 Å². The fraction of sp³-hybridized carbons (Fsp3) is 0.467. The number of fused-ring (bicyclic) bond motifs is 1. The Kier molecular flexibility index (Phi) is 3.22. The van der Waals surface area contributed by atoms with E-state index in [0.29, 0.717) is 5.95 Å². The second kappa shape index (κ2) is 4.90. The first-order chi connectivity index (χ1) is 9.58. The molecule has 0 bridgehead atoms. The predicted molar refractivity (Wildman–Crippen MR) is 77.7 cm³/mol. The third kappa shape index (κ3) is 2.08. The number of aromatic nitrogens is 2. The second-order valence-electron chi connectivity index (χ2n) is 5.37. The molecule has 1 aliphatic heterocycles. The smallest absolute Gasteiger partial charge is 0.258 e. The van der Waals surface area contributed by atoms with E-state index in [-0.39, 0.29) is 18.1 Å². The van der Waals surface area contributed by atoms with Crippen molar-refractivity contribution in [1.29, 1.82) is 0 Å². The number of carbonyl (C=O) groups excluding carboxylic acids is 1. The Labute approximate surface area is 118 Å². The minimum absolute atomic E-state index is 0.0206. The number of ether oxygens (including phenoxy) is 1. The molecule has 1 amide bonds. The molecule has 0 aliphatic carbocycles. The highest BCUT2D eigenvalue weighted by molar-refractivity contribution is 5.96. The molecule has 0 spiro atoms. The van der Waals surface area contributed by atoms with E-state index in [4.69, 9.17) is 4.74 Å². The molecule has 1 aliphatic rings. The monoisotopic (exact) mass is 273 g/mol. The SMILES string of the molecule is C[C@H]1CC[C@@H](C(=O)N(C)c2nc3ccccc3n2C)O1. The summed E-state index contributed by atoms with van der Waals surface area (Å²) in [5.74, 6) is 0.632. The summed E-state index contributed by atoms with van der Waals surface area (Å²) in [6.45, 7) is 2.00. The summed E-state index contributed by atoms with van der Waals surface area (Å²) in [7, 11) is 3.68. The number of para-hydroxylation sites is 2. The Morgan fingerprint density at radius 1 is 1.40 bits per heavy atom. The number of hydrogen-bond donors (Lipinski definition) is 0. The summed E-state index contributed by atoms with van der Waals surface area (Å²) in [4.78, 5) is 18.6. The number of benzene rings is 1. The molecule has 106 valence electrons. The van der Waals surface area contributed by atoms with Gasteiger partial charge in [0.2, 0.25) is 5.95 Å². The van der Waals surface area contributed by atoms with Gasteiger partial charge in [-0.05, 0) is 31.9 Å². The molecule has 2 atom stereocenters. The molecule has 0 N–H and O–H groups in total. The number of nitrogens with zero attached hydrogens (tertiary/aromatic N) is 3. The lowest BCUT2D eigenvalue weighted by Gasteiger charge is -2.20. The molecule has 2 heterocycles. The molecule has 1 saturated heterocycles. The van der Waals surface area contributed by atoms with Crippen molar-refractivity contribution in [2.24, 2.45) is 7.05 Å². The molecule has 0 unspecified atom stereocenters. The van der Waals surface area contributed by atoms with Gasteiger partial charge in [0.1, 0.15) is 6.10 Å². The maximum absolute atomic E-state index is 12.5. The van der Waals surface area contributed by atoms with E-state index in [1.807, 2.05) is 42.8 Å². The van der Waals surface area contributed by atoms with Gasteiger partial charge in [0.15, 0.2) is 0 Å². The Bertz CT molecular complexity index is 650. The summed E-state index contributed by atoms with van der Waals surface area (Å²) < 4.78 is 7.59. The first-order valence-electron chi connectivity index (χ1n) is 6.92. The summed E-state index contributed by atoms with van der Waals surface area (Å²) in [6.07, 6.45) is 1.55. The minimum Gasteiger partial charge on any atom is -0.365 e. The largest absolute Gasteiger partial charge is 0.365 e. The minimum atomic E-state index is -0.338. The zero-order valence-electron chi connectivity index (χ0n) is 12.0. The van der Waals surface area contributed by atoms with E-state index in [2.05, 4.69) is 4.98 Å². The molecule has 5 nitrogen and oxygen atoms in total. The fourth-order valence-electron chi connectivity index (χ4n) is 2.73. The molecule has 0 saturated carbocycles. The Morgan fingerprint density at radius 2 is 2.15 bits per heavy atom. The van der Waals surface area contributed by atoms with Crippen molar-refractivity contribution in [3.05, 3.63) is 24.3 Å². The number of anilines is 1. The van der Waals surface area contributed by atoms with E-state index >= 15 is 0 Å². The van der Waals surface area contributed by atoms with Crippen molar-refractivity contribution in [2.45, 2.75) is 32.0 Å². The van der Waals surface area contributed by atoms with Crippen molar-refractivity contribution in [3.63, 3.8) is 0 Å². The normalized spacial score (nSPS) is 22.4. The Morgan fingerprint density at radius 3 is 2.80 bits per heavy atom. The highest BCUT2D eigenvalue weighted by Crippen LogP contribution is 2.24. The van der Waals surface area contributed by atoms with E-state index in [1.165, 1.54) is 0 Å². The van der Waals surface area contributed by atoms with Gasteiger partial charge in [-0.15, -0.1) is 0 Å². The van der Waals surface area contributed by atoms with Crippen LogP contribution in [-0.4, -0.2) is 34.7 Å². The maximum atomic E-state index is 12.5. The molecule has 20 heavy (non-hydrogen) atoms. The van der Waals surface area contributed by atoms with Gasteiger partial charge in [-0.2, -0.15) is 0 Å². The highest BCUT2D eigenvalue weighted by atomic mass is 16.5. The van der Waals surface area contributed by atoms with Crippen LogP contribution < -0.4 is 4.90 Å². The van der Waals surface area contributed by atoms with Crippen LogP contribution in [-0.2, 0) is 16.6 Å². The van der Waals surface area contributed by atoms with E-state index in [0.717, 1.165) is 23.9 Å². The maximum Gasteiger partial charge on any atom is 0.258 e. The summed E-state index contributed by atoms with van der Waals surface area (Å²) in [6, 6.07) is 7.86. The second-order valence-corrected chi connectivity index (χ2v) is 5.37. The lowest BCUT2D eigenvalue weighted by Crippen LogP contribution is -2.37. The van der Waals surface area contributed by atoms with E-state index in [9.17, 15) is 4.79 Å². The van der Waals surface area contributed by atoms with Gasteiger partial charge < -0.3 is 9.30 Å². The van der Waals surface area contributed by atoms with Gasteiger partial charge in [-0.3, -0.25) is 9.69 Å². The number of amides is 1. The number of imidazole rings is 1. The third-order valence-corrected chi connectivity index (χ3v) is 3.90. The van der Waals surface area contributed by atoms with Crippen molar-refractivity contribution < 1.29 is 9.53 Å².